The van der Waals surface area contributed by atoms with Gasteiger partial charge in [-0.3, -0.25) is 19.0 Å². The predicted octanol–water partition coefficient (Wildman–Crippen LogP) is -0.768. The molecule has 0 aromatic carbocycles. The zero-order valence-corrected chi connectivity index (χ0v) is 15.9. The molecule has 30 heavy (non-hydrogen) atoms. The summed E-state index contributed by atoms with van der Waals surface area (Å²) in [6.45, 7) is -0.656. The molecule has 0 saturated carbocycles. The van der Waals surface area contributed by atoms with Crippen molar-refractivity contribution in [2.75, 3.05) is 12.3 Å². The van der Waals surface area contributed by atoms with Gasteiger partial charge in [0.25, 0.3) is 0 Å². The Labute approximate surface area is 172 Å². The lowest BCUT2D eigenvalue weighted by atomic mass is 9.87. The van der Waals surface area contributed by atoms with Crippen molar-refractivity contribution in [2.45, 2.75) is 36.9 Å². The standard InChI is InChI=1S/C17H15ClFN5O6/c18-16-22-14(20)12-15(23-16)24(5-21-12)17(3-9(28)10(4-25)30-17)13(29)7-1-6(26)2-8(27)11(7)19/h1,5,9-11,25,28H,2-4H2,(H2,20,22,23)/t9-,10+,11?,17-/m0/s1. The number of ether oxygens (including phenoxy) is 1. The highest BCUT2D eigenvalue weighted by molar-refractivity contribution is 6.28. The number of hydrogen-bond acceptors (Lipinski definition) is 10. The Morgan fingerprint density at radius 3 is 2.83 bits per heavy atom. The van der Waals surface area contributed by atoms with E-state index in [4.69, 9.17) is 22.1 Å². The maximum absolute atomic E-state index is 14.6. The molecule has 1 fully saturated rings. The molecule has 4 atom stereocenters. The molecule has 2 aliphatic rings. The summed E-state index contributed by atoms with van der Waals surface area (Å²) in [4.78, 5) is 48.9. The molecule has 0 radical (unpaired) electrons. The van der Waals surface area contributed by atoms with E-state index < -0.39 is 66.5 Å². The van der Waals surface area contributed by atoms with E-state index in [-0.39, 0.29) is 22.3 Å². The van der Waals surface area contributed by atoms with Crippen LogP contribution in [0.1, 0.15) is 12.8 Å². The summed E-state index contributed by atoms with van der Waals surface area (Å²) in [5, 5.41) is 19.6. The second-order valence-corrected chi connectivity index (χ2v) is 7.30. The molecule has 11 nitrogen and oxygen atoms in total. The van der Waals surface area contributed by atoms with E-state index in [2.05, 4.69) is 15.0 Å². The fourth-order valence-corrected chi connectivity index (χ4v) is 3.83. The van der Waals surface area contributed by atoms with E-state index in [9.17, 15) is 29.0 Å². The first-order valence-corrected chi connectivity index (χ1v) is 9.15. The van der Waals surface area contributed by atoms with Gasteiger partial charge in [-0.15, -0.1) is 0 Å². The fraction of sp³-hybridized carbons (Fsp3) is 0.412. The number of nitrogen functional groups attached to an aromatic ring is 1. The summed E-state index contributed by atoms with van der Waals surface area (Å²) in [5.74, 6) is -3.01. The van der Waals surface area contributed by atoms with Crippen LogP contribution in [0.2, 0.25) is 5.28 Å². The molecule has 1 aliphatic heterocycles. The fourth-order valence-electron chi connectivity index (χ4n) is 3.66. The highest BCUT2D eigenvalue weighted by Gasteiger charge is 2.56. The van der Waals surface area contributed by atoms with Crippen LogP contribution in [0.15, 0.2) is 18.0 Å². The van der Waals surface area contributed by atoms with Crippen molar-refractivity contribution >= 4 is 45.9 Å². The van der Waals surface area contributed by atoms with Crippen molar-refractivity contribution in [1.29, 1.82) is 0 Å². The van der Waals surface area contributed by atoms with Gasteiger partial charge in [0.2, 0.25) is 16.8 Å². The van der Waals surface area contributed by atoms with E-state index in [1.807, 2.05) is 0 Å². The maximum Gasteiger partial charge on any atom is 0.226 e. The Balaban J connectivity index is 1.93. The second-order valence-electron chi connectivity index (χ2n) is 6.96. The number of fused-ring (bicyclic) bond motifs is 1. The average Bonchev–Trinajstić information content (AvgIpc) is 3.26. The first kappa shape index (κ1) is 20.5. The highest BCUT2D eigenvalue weighted by Crippen LogP contribution is 2.41. The summed E-state index contributed by atoms with van der Waals surface area (Å²) in [6, 6.07) is 0. The van der Waals surface area contributed by atoms with Crippen LogP contribution in [0.25, 0.3) is 11.2 Å². The molecule has 158 valence electrons. The number of carbonyl (C=O) groups is 3. The van der Waals surface area contributed by atoms with Gasteiger partial charge < -0.3 is 20.7 Å². The maximum atomic E-state index is 14.6. The third-order valence-electron chi connectivity index (χ3n) is 5.06. The number of aliphatic hydroxyl groups is 2. The number of allylic oxidation sites excluding steroid dienone is 1. The molecule has 1 aliphatic carbocycles. The zero-order chi connectivity index (χ0) is 21.8. The minimum absolute atomic E-state index is 0.0543. The number of alkyl halides is 1. The molecular weight excluding hydrogens is 425 g/mol. The number of hydrogen-bond donors (Lipinski definition) is 3. The molecule has 0 bridgehead atoms. The Morgan fingerprint density at radius 1 is 1.43 bits per heavy atom. The van der Waals surface area contributed by atoms with Crippen LogP contribution in [0.3, 0.4) is 0 Å². The molecule has 0 amide bonds. The highest BCUT2D eigenvalue weighted by atomic mass is 35.5. The Bertz CT molecular complexity index is 1120. The number of nitrogens with two attached hydrogens (primary N) is 1. The number of aliphatic hydroxyl groups excluding tert-OH is 2. The largest absolute Gasteiger partial charge is 0.394 e. The van der Waals surface area contributed by atoms with E-state index in [0.29, 0.717) is 0 Å². The van der Waals surface area contributed by atoms with Crippen LogP contribution in [0.5, 0.6) is 0 Å². The number of halogens is 2. The summed E-state index contributed by atoms with van der Waals surface area (Å²) in [7, 11) is 0. The molecule has 1 saturated heterocycles. The zero-order valence-electron chi connectivity index (χ0n) is 15.2. The number of ketones is 3. The number of imidazole rings is 1. The summed E-state index contributed by atoms with van der Waals surface area (Å²) in [6.07, 6.45) is -4.16. The first-order chi connectivity index (χ1) is 14.2. The molecule has 2 aromatic heterocycles. The van der Waals surface area contributed by atoms with Gasteiger partial charge in [0.15, 0.2) is 29.2 Å². The SMILES string of the molecule is Nc1nc(Cl)nc2c1ncn2[C@@]1(C(=O)C2=CC(=O)CC(=O)C2F)C[C@H](O)[C@@H](CO)O1. The minimum Gasteiger partial charge on any atom is -0.394 e. The van der Waals surface area contributed by atoms with Crippen LogP contribution in [-0.2, 0) is 24.8 Å². The molecule has 2 aromatic rings. The van der Waals surface area contributed by atoms with Gasteiger partial charge in [-0.05, 0) is 17.7 Å². The first-order valence-electron chi connectivity index (χ1n) is 8.77. The normalized spacial score (nSPS) is 29.5. The predicted molar refractivity (Wildman–Crippen MR) is 97.9 cm³/mol. The smallest absolute Gasteiger partial charge is 0.226 e. The van der Waals surface area contributed by atoms with Crippen LogP contribution in [0, 0.1) is 0 Å². The van der Waals surface area contributed by atoms with Gasteiger partial charge in [-0.2, -0.15) is 9.97 Å². The van der Waals surface area contributed by atoms with Gasteiger partial charge in [0.1, 0.15) is 11.6 Å². The number of rotatable bonds is 4. The minimum atomic E-state index is -2.35. The van der Waals surface area contributed by atoms with Gasteiger partial charge in [-0.25, -0.2) is 9.37 Å². The van der Waals surface area contributed by atoms with Crippen LogP contribution in [0.4, 0.5) is 10.2 Å². The van der Waals surface area contributed by atoms with Crippen molar-refractivity contribution < 1.29 is 33.7 Å². The van der Waals surface area contributed by atoms with E-state index >= 15 is 0 Å². The lowest BCUT2D eigenvalue weighted by Gasteiger charge is -2.31. The number of carbonyl (C=O) groups excluding carboxylic acids is 3. The molecule has 1 unspecified atom stereocenters. The quantitative estimate of drug-likeness (QED) is 0.406. The molecule has 13 heteroatoms. The number of Topliss-reactive ketones (excluding diaryl/α,β-unsaturated/α-hetero) is 2. The number of aromatic nitrogens is 4. The average molecular weight is 440 g/mol. The molecule has 3 heterocycles. The van der Waals surface area contributed by atoms with Crippen LogP contribution >= 0.6 is 11.6 Å². The molecule has 4 N–H and O–H groups in total. The third kappa shape index (κ3) is 2.99. The molecule has 4 rings (SSSR count). The van der Waals surface area contributed by atoms with Crippen molar-refractivity contribution in [1.82, 2.24) is 19.5 Å². The van der Waals surface area contributed by atoms with Gasteiger partial charge in [0.05, 0.1) is 25.5 Å². The lowest BCUT2D eigenvalue weighted by molar-refractivity contribution is -0.158. The van der Waals surface area contributed by atoms with Gasteiger partial charge >= 0.3 is 0 Å². The van der Waals surface area contributed by atoms with Crippen LogP contribution < -0.4 is 5.73 Å². The van der Waals surface area contributed by atoms with Crippen molar-refractivity contribution in [2.24, 2.45) is 0 Å². The number of nitrogens with zero attached hydrogens (tertiary/aromatic N) is 4. The Kier molecular flexibility index (Phi) is 4.89. The van der Waals surface area contributed by atoms with Crippen molar-refractivity contribution in [3.63, 3.8) is 0 Å². The third-order valence-corrected chi connectivity index (χ3v) is 5.23. The van der Waals surface area contributed by atoms with Gasteiger partial charge in [-0.1, -0.05) is 0 Å². The summed E-state index contributed by atoms with van der Waals surface area (Å²) >= 11 is 5.86. The van der Waals surface area contributed by atoms with E-state index in [1.165, 1.54) is 0 Å². The monoisotopic (exact) mass is 439 g/mol. The van der Waals surface area contributed by atoms with E-state index in [0.717, 1.165) is 17.0 Å². The molecular formula is C17H15ClFN5O6. The summed E-state index contributed by atoms with van der Waals surface area (Å²) in [5.41, 5.74) is 2.89. The van der Waals surface area contributed by atoms with Crippen molar-refractivity contribution in [3.05, 3.63) is 23.3 Å². The Hall–Kier alpha value is -2.80. The topological polar surface area (TPSA) is 171 Å². The Morgan fingerprint density at radius 2 is 2.17 bits per heavy atom. The van der Waals surface area contributed by atoms with Crippen LogP contribution in [-0.4, -0.2) is 72.1 Å². The second kappa shape index (κ2) is 7.16. The molecule has 0 spiro atoms. The number of anilines is 1. The lowest BCUT2D eigenvalue weighted by Crippen LogP contribution is -2.46. The summed E-state index contributed by atoms with van der Waals surface area (Å²) < 4.78 is 21.3. The van der Waals surface area contributed by atoms with E-state index in [1.54, 1.807) is 0 Å². The van der Waals surface area contributed by atoms with Crippen molar-refractivity contribution in [3.8, 4) is 0 Å². The van der Waals surface area contributed by atoms with Gasteiger partial charge in [0, 0.05) is 12.0 Å².